The molecule has 0 spiro atoms. The molecule has 1 atom stereocenters. The zero-order chi connectivity index (χ0) is 12.7. The van der Waals surface area contributed by atoms with Crippen molar-refractivity contribution >= 4 is 33.0 Å². The highest BCUT2D eigenvalue weighted by atomic mass is 79.9. The molecule has 1 aromatic heterocycles. The number of aromatic nitrogens is 1. The average molecular weight is 326 g/mol. The molecule has 1 aliphatic rings. The van der Waals surface area contributed by atoms with Crippen molar-refractivity contribution < 1.29 is 9.18 Å². The predicted molar refractivity (Wildman–Crippen MR) is 71.6 cm³/mol. The molecule has 5 heteroatoms. The standard InChI is InChI=1S/C13H9BrFNOS/c14-13-16-10-5-8(6-11(17)12(10)18-13)7-2-1-3-9(15)4-7/h1-4,8H,5-6H2/t8-/m1/s1. The second-order valence-corrected chi connectivity index (χ2v) is 6.60. The fourth-order valence-corrected chi connectivity index (χ4v) is 3.77. The summed E-state index contributed by atoms with van der Waals surface area (Å²) in [6.07, 6.45) is 1.14. The van der Waals surface area contributed by atoms with Gasteiger partial charge in [-0.15, -0.1) is 11.3 Å². The summed E-state index contributed by atoms with van der Waals surface area (Å²) in [6, 6.07) is 6.47. The van der Waals surface area contributed by atoms with E-state index in [4.69, 9.17) is 0 Å². The number of carbonyl (C=O) groups excluding carboxylic acids is 1. The average Bonchev–Trinajstić information content (AvgIpc) is 2.70. The monoisotopic (exact) mass is 325 g/mol. The zero-order valence-electron chi connectivity index (χ0n) is 9.32. The number of nitrogens with zero attached hydrogens (tertiary/aromatic N) is 1. The van der Waals surface area contributed by atoms with E-state index in [-0.39, 0.29) is 17.5 Å². The number of halogens is 2. The summed E-state index contributed by atoms with van der Waals surface area (Å²) >= 11 is 4.68. The second-order valence-electron chi connectivity index (χ2n) is 4.33. The first kappa shape index (κ1) is 12.0. The topological polar surface area (TPSA) is 30.0 Å². The first-order valence-electron chi connectivity index (χ1n) is 5.57. The number of rotatable bonds is 1. The van der Waals surface area contributed by atoms with E-state index in [1.54, 1.807) is 6.07 Å². The first-order chi connectivity index (χ1) is 8.63. The molecule has 0 saturated carbocycles. The molecule has 0 radical (unpaired) electrons. The van der Waals surface area contributed by atoms with E-state index >= 15 is 0 Å². The maximum absolute atomic E-state index is 13.2. The zero-order valence-corrected chi connectivity index (χ0v) is 11.7. The molecule has 1 aromatic carbocycles. The highest BCUT2D eigenvalue weighted by molar-refractivity contribution is 9.11. The van der Waals surface area contributed by atoms with Crippen LogP contribution in [-0.2, 0) is 6.42 Å². The van der Waals surface area contributed by atoms with Gasteiger partial charge in [0.2, 0.25) is 0 Å². The highest BCUT2D eigenvalue weighted by Crippen LogP contribution is 2.36. The van der Waals surface area contributed by atoms with Crippen LogP contribution in [0.3, 0.4) is 0 Å². The number of Topliss-reactive ketones (excluding diaryl/α,β-unsaturated/α-hetero) is 1. The summed E-state index contributed by atoms with van der Waals surface area (Å²) in [5.41, 5.74) is 1.70. The molecule has 0 aliphatic heterocycles. The molecular weight excluding hydrogens is 317 g/mol. The summed E-state index contributed by atoms with van der Waals surface area (Å²) in [6.45, 7) is 0. The Morgan fingerprint density at radius 2 is 2.22 bits per heavy atom. The van der Waals surface area contributed by atoms with Gasteiger partial charge in [0, 0.05) is 6.42 Å². The molecule has 0 unspecified atom stereocenters. The number of hydrogen-bond acceptors (Lipinski definition) is 3. The molecule has 0 amide bonds. The van der Waals surface area contributed by atoms with Crippen molar-refractivity contribution in [1.29, 1.82) is 0 Å². The predicted octanol–water partition coefficient (Wildman–Crippen LogP) is 3.96. The van der Waals surface area contributed by atoms with E-state index in [1.165, 1.54) is 23.5 Å². The molecule has 0 saturated heterocycles. The number of thiazole rings is 1. The van der Waals surface area contributed by atoms with Crippen LogP contribution in [0.4, 0.5) is 4.39 Å². The van der Waals surface area contributed by atoms with Crippen LogP contribution in [0.1, 0.15) is 33.3 Å². The summed E-state index contributed by atoms with van der Waals surface area (Å²) in [5.74, 6) is -0.117. The van der Waals surface area contributed by atoms with Gasteiger partial charge in [-0.1, -0.05) is 12.1 Å². The maximum Gasteiger partial charge on any atom is 0.175 e. The van der Waals surface area contributed by atoms with Crippen molar-refractivity contribution in [3.8, 4) is 0 Å². The van der Waals surface area contributed by atoms with Crippen LogP contribution < -0.4 is 0 Å². The Morgan fingerprint density at radius 1 is 1.39 bits per heavy atom. The fraction of sp³-hybridized carbons (Fsp3) is 0.231. The number of ketones is 1. The lowest BCUT2D eigenvalue weighted by Crippen LogP contribution is -2.17. The van der Waals surface area contributed by atoms with E-state index in [2.05, 4.69) is 20.9 Å². The van der Waals surface area contributed by atoms with Crippen molar-refractivity contribution in [2.75, 3.05) is 0 Å². The van der Waals surface area contributed by atoms with Crippen molar-refractivity contribution in [3.05, 3.63) is 50.1 Å². The third-order valence-electron chi connectivity index (χ3n) is 3.12. The Hall–Kier alpha value is -1.07. The Balaban J connectivity index is 1.96. The maximum atomic E-state index is 13.2. The third-order valence-corrected chi connectivity index (χ3v) is 4.71. The molecule has 3 rings (SSSR count). The van der Waals surface area contributed by atoms with Crippen LogP contribution in [0.5, 0.6) is 0 Å². The van der Waals surface area contributed by atoms with Crippen LogP contribution in [0.2, 0.25) is 0 Å². The van der Waals surface area contributed by atoms with Crippen LogP contribution in [-0.4, -0.2) is 10.8 Å². The first-order valence-corrected chi connectivity index (χ1v) is 7.18. The van der Waals surface area contributed by atoms with E-state index in [0.29, 0.717) is 12.8 Å². The van der Waals surface area contributed by atoms with E-state index < -0.39 is 0 Å². The van der Waals surface area contributed by atoms with Crippen molar-refractivity contribution in [3.63, 3.8) is 0 Å². The summed E-state index contributed by atoms with van der Waals surface area (Å²) in [7, 11) is 0. The normalized spacial score (nSPS) is 18.8. The van der Waals surface area contributed by atoms with Crippen molar-refractivity contribution in [2.45, 2.75) is 18.8 Å². The largest absolute Gasteiger partial charge is 0.293 e. The van der Waals surface area contributed by atoms with E-state index in [0.717, 1.165) is 20.1 Å². The molecule has 1 heterocycles. The second kappa shape index (κ2) is 4.55. The highest BCUT2D eigenvalue weighted by Gasteiger charge is 2.29. The van der Waals surface area contributed by atoms with Gasteiger partial charge < -0.3 is 0 Å². The van der Waals surface area contributed by atoms with Gasteiger partial charge in [-0.05, 0) is 46.0 Å². The molecule has 2 aromatic rings. The minimum atomic E-state index is -0.259. The molecule has 1 aliphatic carbocycles. The molecule has 18 heavy (non-hydrogen) atoms. The smallest absolute Gasteiger partial charge is 0.175 e. The number of fused-ring (bicyclic) bond motifs is 1. The molecule has 0 N–H and O–H groups in total. The van der Waals surface area contributed by atoms with Gasteiger partial charge in [0.25, 0.3) is 0 Å². The van der Waals surface area contributed by atoms with Gasteiger partial charge in [-0.25, -0.2) is 9.37 Å². The lowest BCUT2D eigenvalue weighted by molar-refractivity contribution is 0.0968. The van der Waals surface area contributed by atoms with Crippen LogP contribution in [0.15, 0.2) is 28.2 Å². The fourth-order valence-electron chi connectivity index (χ4n) is 2.30. The molecule has 2 nitrogen and oxygen atoms in total. The van der Waals surface area contributed by atoms with Gasteiger partial charge in [0.1, 0.15) is 5.82 Å². The Labute approximate surface area is 116 Å². The van der Waals surface area contributed by atoms with Gasteiger partial charge in [-0.2, -0.15) is 0 Å². The lowest BCUT2D eigenvalue weighted by atomic mass is 9.84. The Morgan fingerprint density at radius 3 is 3.00 bits per heavy atom. The quantitative estimate of drug-likeness (QED) is 0.794. The molecule has 0 fully saturated rings. The van der Waals surface area contributed by atoms with Crippen LogP contribution in [0, 0.1) is 5.82 Å². The van der Waals surface area contributed by atoms with Gasteiger partial charge in [0.05, 0.1) is 10.6 Å². The van der Waals surface area contributed by atoms with Crippen LogP contribution >= 0.6 is 27.3 Å². The van der Waals surface area contributed by atoms with Gasteiger partial charge in [0.15, 0.2) is 9.70 Å². The minimum Gasteiger partial charge on any atom is -0.293 e. The SMILES string of the molecule is O=C1C[C@H](c2cccc(F)c2)Cc2nc(Br)sc21. The van der Waals surface area contributed by atoms with Crippen molar-refractivity contribution in [2.24, 2.45) is 0 Å². The Kier molecular flexibility index (Phi) is 3.03. The summed E-state index contributed by atoms with van der Waals surface area (Å²) in [5, 5.41) is 0. The molecule has 92 valence electrons. The van der Waals surface area contributed by atoms with Crippen LogP contribution in [0.25, 0.3) is 0 Å². The number of carbonyl (C=O) groups is 1. The van der Waals surface area contributed by atoms with Gasteiger partial charge >= 0.3 is 0 Å². The third kappa shape index (κ3) is 2.12. The Bertz CT molecular complexity index is 625. The van der Waals surface area contributed by atoms with E-state index in [1.807, 2.05) is 6.07 Å². The number of hydrogen-bond donors (Lipinski definition) is 0. The minimum absolute atomic E-state index is 0.0368. The van der Waals surface area contributed by atoms with Crippen molar-refractivity contribution in [1.82, 2.24) is 4.98 Å². The number of benzene rings is 1. The van der Waals surface area contributed by atoms with E-state index in [9.17, 15) is 9.18 Å². The molecule has 0 bridgehead atoms. The van der Waals surface area contributed by atoms with Gasteiger partial charge in [-0.3, -0.25) is 4.79 Å². The lowest BCUT2D eigenvalue weighted by Gasteiger charge is -2.20. The summed E-state index contributed by atoms with van der Waals surface area (Å²) in [4.78, 5) is 17.1. The molecular formula is C13H9BrFNOS. The summed E-state index contributed by atoms with van der Waals surface area (Å²) < 4.78 is 14.0.